The minimum Gasteiger partial charge on any atom is -0.497 e. The van der Waals surface area contributed by atoms with Gasteiger partial charge in [0, 0.05) is 16.8 Å². The zero-order valence-electron chi connectivity index (χ0n) is 15.6. The van der Waals surface area contributed by atoms with Crippen LogP contribution in [0.4, 0.5) is 17.2 Å². The van der Waals surface area contributed by atoms with Crippen molar-refractivity contribution in [1.29, 1.82) is 0 Å². The topological polar surface area (TPSA) is 85.4 Å². The number of carbonyl (C=O) groups is 1. The van der Waals surface area contributed by atoms with Gasteiger partial charge in [-0.15, -0.1) is 10.2 Å². The number of hydrogen-bond donors (Lipinski definition) is 2. The molecule has 28 heavy (non-hydrogen) atoms. The lowest BCUT2D eigenvalue weighted by Crippen LogP contribution is -2.15. The molecule has 0 aliphatic carbocycles. The Bertz CT molecular complexity index is 993. The maximum Gasteiger partial charge on any atom is 0.276 e. The van der Waals surface area contributed by atoms with E-state index in [2.05, 4.69) is 20.8 Å². The Balaban J connectivity index is 1.75. The maximum atomic E-state index is 12.4. The van der Waals surface area contributed by atoms with E-state index in [1.807, 2.05) is 6.92 Å². The predicted octanol–water partition coefficient (Wildman–Crippen LogP) is 4.45. The quantitative estimate of drug-likeness (QED) is 0.638. The zero-order chi connectivity index (χ0) is 20.1. The molecule has 0 unspecified atom stereocenters. The van der Waals surface area contributed by atoms with Gasteiger partial charge < -0.3 is 20.1 Å². The summed E-state index contributed by atoms with van der Waals surface area (Å²) in [5.74, 6) is 1.38. The van der Waals surface area contributed by atoms with Gasteiger partial charge in [0.2, 0.25) is 0 Å². The highest BCUT2D eigenvalue weighted by Gasteiger charge is 2.12. The SMILES string of the molecule is COc1ccc(OC)c(Nc2ccc(C(=O)Nc3cccc(Cl)c3C)nn2)c1. The lowest BCUT2D eigenvalue weighted by atomic mass is 10.2. The van der Waals surface area contributed by atoms with Gasteiger partial charge in [-0.2, -0.15) is 0 Å². The summed E-state index contributed by atoms with van der Waals surface area (Å²) in [7, 11) is 3.16. The predicted molar refractivity (Wildman–Crippen MR) is 109 cm³/mol. The van der Waals surface area contributed by atoms with Crippen LogP contribution in [0, 0.1) is 6.92 Å². The smallest absolute Gasteiger partial charge is 0.276 e. The van der Waals surface area contributed by atoms with Crippen LogP contribution >= 0.6 is 11.6 Å². The van der Waals surface area contributed by atoms with Gasteiger partial charge in [0.25, 0.3) is 5.91 Å². The van der Waals surface area contributed by atoms with Gasteiger partial charge in [0.05, 0.1) is 19.9 Å². The average molecular weight is 399 g/mol. The standard InChI is InChI=1S/C20H19ClN4O3/c1-12-14(21)5-4-6-15(12)23-20(26)16-8-10-19(25-24-16)22-17-11-13(27-2)7-9-18(17)28-3/h4-11H,1-3H3,(H,22,25)(H,23,26). The summed E-state index contributed by atoms with van der Waals surface area (Å²) in [6.45, 7) is 1.83. The minimum atomic E-state index is -0.372. The minimum absolute atomic E-state index is 0.183. The Hall–Kier alpha value is -3.32. The molecule has 144 valence electrons. The van der Waals surface area contributed by atoms with Crippen molar-refractivity contribution in [3.05, 3.63) is 64.8 Å². The number of nitrogens with one attached hydrogen (secondary N) is 2. The van der Waals surface area contributed by atoms with E-state index in [0.717, 1.165) is 5.56 Å². The molecule has 1 heterocycles. The Morgan fingerprint density at radius 2 is 1.82 bits per heavy atom. The van der Waals surface area contributed by atoms with Gasteiger partial charge >= 0.3 is 0 Å². The molecule has 2 N–H and O–H groups in total. The molecule has 0 atom stereocenters. The number of carbonyl (C=O) groups excluding carboxylic acids is 1. The van der Waals surface area contributed by atoms with Crippen LogP contribution in [0.15, 0.2) is 48.5 Å². The molecule has 0 fully saturated rings. The summed E-state index contributed by atoms with van der Waals surface area (Å²) in [6, 6.07) is 13.9. The first kappa shape index (κ1) is 19.4. The first-order valence-electron chi connectivity index (χ1n) is 8.41. The summed E-state index contributed by atoms with van der Waals surface area (Å²) in [5.41, 5.74) is 2.27. The van der Waals surface area contributed by atoms with Gasteiger partial charge in [-0.3, -0.25) is 4.79 Å². The molecule has 0 radical (unpaired) electrons. The molecule has 0 bridgehead atoms. The van der Waals surface area contributed by atoms with Gasteiger partial charge in [0.15, 0.2) is 11.5 Å². The fraction of sp³-hybridized carbons (Fsp3) is 0.150. The Morgan fingerprint density at radius 3 is 2.50 bits per heavy atom. The molecule has 0 aliphatic rings. The lowest BCUT2D eigenvalue weighted by Gasteiger charge is -2.12. The van der Waals surface area contributed by atoms with E-state index in [1.54, 1.807) is 62.8 Å². The lowest BCUT2D eigenvalue weighted by molar-refractivity contribution is 0.102. The number of ether oxygens (including phenoxy) is 2. The van der Waals surface area contributed by atoms with Crippen molar-refractivity contribution < 1.29 is 14.3 Å². The van der Waals surface area contributed by atoms with Crippen LogP contribution in [0.25, 0.3) is 0 Å². The number of rotatable bonds is 6. The molecule has 0 saturated carbocycles. The average Bonchev–Trinajstić information content (AvgIpc) is 2.71. The monoisotopic (exact) mass is 398 g/mol. The molecule has 0 aliphatic heterocycles. The second kappa shape index (κ2) is 8.58. The Kier molecular flexibility index (Phi) is 5.96. The van der Waals surface area contributed by atoms with Crippen molar-refractivity contribution in [2.75, 3.05) is 24.9 Å². The normalized spacial score (nSPS) is 10.3. The van der Waals surface area contributed by atoms with Crippen molar-refractivity contribution in [2.24, 2.45) is 0 Å². The van der Waals surface area contributed by atoms with Gasteiger partial charge in [-0.1, -0.05) is 17.7 Å². The highest BCUT2D eigenvalue weighted by atomic mass is 35.5. The number of hydrogen-bond acceptors (Lipinski definition) is 6. The second-order valence-corrected chi connectivity index (χ2v) is 6.27. The zero-order valence-corrected chi connectivity index (χ0v) is 16.4. The number of halogens is 1. The van der Waals surface area contributed by atoms with E-state index < -0.39 is 0 Å². The number of aromatic nitrogens is 2. The van der Waals surface area contributed by atoms with Crippen LogP contribution in [0.5, 0.6) is 11.5 Å². The molecule has 1 amide bonds. The van der Waals surface area contributed by atoms with E-state index in [1.165, 1.54) is 0 Å². The van der Waals surface area contributed by atoms with Gasteiger partial charge in [-0.25, -0.2) is 0 Å². The van der Waals surface area contributed by atoms with Crippen molar-refractivity contribution in [2.45, 2.75) is 6.92 Å². The van der Waals surface area contributed by atoms with Crippen LogP contribution in [0.3, 0.4) is 0 Å². The number of benzene rings is 2. The highest BCUT2D eigenvalue weighted by molar-refractivity contribution is 6.31. The van der Waals surface area contributed by atoms with Crippen molar-refractivity contribution in [1.82, 2.24) is 10.2 Å². The second-order valence-electron chi connectivity index (χ2n) is 5.86. The molecule has 8 heteroatoms. The molecule has 2 aromatic carbocycles. The molecule has 0 saturated heterocycles. The van der Waals surface area contributed by atoms with Crippen LogP contribution < -0.4 is 20.1 Å². The van der Waals surface area contributed by atoms with Crippen LogP contribution in [-0.2, 0) is 0 Å². The van der Waals surface area contributed by atoms with E-state index in [-0.39, 0.29) is 11.6 Å². The summed E-state index contributed by atoms with van der Waals surface area (Å²) < 4.78 is 10.5. The largest absolute Gasteiger partial charge is 0.497 e. The number of nitrogens with zero attached hydrogens (tertiary/aromatic N) is 2. The molecule has 3 aromatic rings. The Labute approximate surface area is 167 Å². The van der Waals surface area contributed by atoms with Crippen molar-refractivity contribution in [3.63, 3.8) is 0 Å². The molecular formula is C20H19ClN4O3. The molecule has 0 spiro atoms. The molecule has 1 aromatic heterocycles. The molecular weight excluding hydrogens is 380 g/mol. The summed E-state index contributed by atoms with van der Waals surface area (Å²) in [4.78, 5) is 12.4. The fourth-order valence-electron chi connectivity index (χ4n) is 2.50. The summed E-state index contributed by atoms with van der Waals surface area (Å²) in [5, 5.41) is 14.5. The van der Waals surface area contributed by atoms with Gasteiger partial charge in [0.1, 0.15) is 11.5 Å². The van der Waals surface area contributed by atoms with Crippen LogP contribution in [-0.4, -0.2) is 30.3 Å². The molecule has 7 nitrogen and oxygen atoms in total. The third-order valence-electron chi connectivity index (χ3n) is 4.08. The third-order valence-corrected chi connectivity index (χ3v) is 4.49. The summed E-state index contributed by atoms with van der Waals surface area (Å²) in [6.07, 6.45) is 0. The number of methoxy groups -OCH3 is 2. The maximum absolute atomic E-state index is 12.4. The number of anilines is 3. The highest BCUT2D eigenvalue weighted by Crippen LogP contribution is 2.31. The third kappa shape index (κ3) is 4.32. The van der Waals surface area contributed by atoms with E-state index in [9.17, 15) is 4.79 Å². The van der Waals surface area contributed by atoms with Crippen LogP contribution in [0.1, 0.15) is 16.1 Å². The first-order valence-corrected chi connectivity index (χ1v) is 8.79. The van der Waals surface area contributed by atoms with Crippen molar-refractivity contribution in [3.8, 4) is 11.5 Å². The summed E-state index contributed by atoms with van der Waals surface area (Å²) >= 11 is 6.08. The van der Waals surface area contributed by atoms with Crippen molar-refractivity contribution >= 4 is 34.7 Å². The van der Waals surface area contributed by atoms with Crippen LogP contribution in [0.2, 0.25) is 5.02 Å². The Morgan fingerprint density at radius 1 is 1.00 bits per heavy atom. The van der Waals surface area contributed by atoms with E-state index >= 15 is 0 Å². The van der Waals surface area contributed by atoms with E-state index in [0.29, 0.717) is 33.7 Å². The van der Waals surface area contributed by atoms with Gasteiger partial charge in [-0.05, 0) is 48.9 Å². The first-order chi connectivity index (χ1) is 13.5. The number of amides is 1. The fourth-order valence-corrected chi connectivity index (χ4v) is 2.67. The molecule has 3 rings (SSSR count). The van der Waals surface area contributed by atoms with E-state index in [4.69, 9.17) is 21.1 Å².